The van der Waals surface area contributed by atoms with E-state index in [9.17, 15) is 4.79 Å². The molecule has 1 aromatic rings. The average molecular weight is 336 g/mol. The Morgan fingerprint density at radius 1 is 1.26 bits per heavy atom. The van der Waals surface area contributed by atoms with Crippen LogP contribution in [-0.4, -0.2) is 48.6 Å². The lowest BCUT2D eigenvalue weighted by molar-refractivity contribution is 0.171. The molecular formula is C18H29N3OS. The van der Waals surface area contributed by atoms with Crippen LogP contribution in [0.3, 0.4) is 0 Å². The van der Waals surface area contributed by atoms with Crippen LogP contribution in [0.15, 0.2) is 17.5 Å². The Labute approximate surface area is 143 Å². The third kappa shape index (κ3) is 4.70. The summed E-state index contributed by atoms with van der Waals surface area (Å²) < 4.78 is 0. The third-order valence-electron chi connectivity index (χ3n) is 5.36. The lowest BCUT2D eigenvalue weighted by atomic mass is 9.97. The van der Waals surface area contributed by atoms with E-state index in [2.05, 4.69) is 34.7 Å². The summed E-state index contributed by atoms with van der Waals surface area (Å²) in [6, 6.07) is 4.50. The maximum Gasteiger partial charge on any atom is 0.317 e. The molecule has 0 radical (unpaired) electrons. The average Bonchev–Trinajstić information content (AvgIpc) is 3.25. The van der Waals surface area contributed by atoms with E-state index in [0.29, 0.717) is 11.8 Å². The number of rotatable bonds is 5. The molecule has 23 heavy (non-hydrogen) atoms. The number of amides is 2. The predicted molar refractivity (Wildman–Crippen MR) is 95.7 cm³/mol. The molecule has 3 heterocycles. The molecule has 0 saturated carbocycles. The van der Waals surface area contributed by atoms with Crippen LogP contribution in [0.1, 0.15) is 37.5 Å². The summed E-state index contributed by atoms with van der Waals surface area (Å²) in [5.74, 6) is 1.35. The maximum absolute atomic E-state index is 12.2. The Hall–Kier alpha value is -1.07. The molecule has 1 atom stereocenters. The number of carbonyl (C=O) groups is 1. The van der Waals surface area contributed by atoms with E-state index in [-0.39, 0.29) is 6.03 Å². The molecule has 128 valence electrons. The molecule has 2 amide bonds. The fourth-order valence-electron chi connectivity index (χ4n) is 3.67. The van der Waals surface area contributed by atoms with Crippen LogP contribution in [0.5, 0.6) is 0 Å². The Balaban J connectivity index is 1.33. The number of nitrogens with zero attached hydrogens (tertiary/aromatic N) is 2. The molecule has 0 spiro atoms. The first kappa shape index (κ1) is 16.8. The number of hydrogen-bond donors (Lipinski definition) is 1. The van der Waals surface area contributed by atoms with E-state index in [1.54, 1.807) is 0 Å². The minimum Gasteiger partial charge on any atom is -0.338 e. The molecule has 5 heteroatoms. The SMILES string of the molecule is CCC1CCN(C(=O)NCC2CCN(Cc3cccs3)CC2)C1. The molecule has 4 nitrogen and oxygen atoms in total. The van der Waals surface area contributed by atoms with Gasteiger partial charge in [0, 0.05) is 31.1 Å². The molecule has 2 fully saturated rings. The van der Waals surface area contributed by atoms with Crippen molar-refractivity contribution in [2.45, 2.75) is 39.2 Å². The number of likely N-dealkylation sites (tertiary alicyclic amines) is 2. The normalized spacial score (nSPS) is 23.3. The second kappa shape index (κ2) is 8.15. The molecule has 0 bridgehead atoms. The fraction of sp³-hybridized carbons (Fsp3) is 0.722. The number of hydrogen-bond acceptors (Lipinski definition) is 3. The van der Waals surface area contributed by atoms with Gasteiger partial charge >= 0.3 is 6.03 Å². The summed E-state index contributed by atoms with van der Waals surface area (Å²) in [4.78, 5) is 18.2. The van der Waals surface area contributed by atoms with Gasteiger partial charge in [-0.1, -0.05) is 19.4 Å². The lowest BCUT2D eigenvalue weighted by Gasteiger charge is -2.32. The van der Waals surface area contributed by atoms with E-state index >= 15 is 0 Å². The molecule has 3 rings (SSSR count). The number of piperidine rings is 1. The number of carbonyl (C=O) groups excluding carboxylic acids is 1. The molecular weight excluding hydrogens is 306 g/mol. The van der Waals surface area contributed by atoms with Crippen LogP contribution in [0, 0.1) is 11.8 Å². The van der Waals surface area contributed by atoms with Gasteiger partial charge in [-0.25, -0.2) is 4.79 Å². The highest BCUT2D eigenvalue weighted by Crippen LogP contribution is 2.21. The first-order chi connectivity index (χ1) is 11.2. The molecule has 2 aliphatic rings. The van der Waals surface area contributed by atoms with Crippen molar-refractivity contribution in [3.63, 3.8) is 0 Å². The zero-order valence-electron chi connectivity index (χ0n) is 14.2. The molecule has 2 saturated heterocycles. The smallest absolute Gasteiger partial charge is 0.317 e. The largest absolute Gasteiger partial charge is 0.338 e. The summed E-state index contributed by atoms with van der Waals surface area (Å²) in [7, 11) is 0. The highest BCUT2D eigenvalue weighted by Gasteiger charge is 2.26. The van der Waals surface area contributed by atoms with E-state index < -0.39 is 0 Å². The molecule has 0 aliphatic carbocycles. The van der Waals surface area contributed by atoms with Gasteiger partial charge in [0.2, 0.25) is 0 Å². The first-order valence-corrected chi connectivity index (χ1v) is 9.90. The van der Waals surface area contributed by atoms with Crippen LogP contribution in [-0.2, 0) is 6.54 Å². The second-order valence-electron chi connectivity index (χ2n) is 6.99. The monoisotopic (exact) mass is 335 g/mol. The highest BCUT2D eigenvalue weighted by atomic mass is 32.1. The van der Waals surface area contributed by atoms with Crippen LogP contribution in [0.2, 0.25) is 0 Å². The van der Waals surface area contributed by atoms with E-state index in [0.717, 1.165) is 39.3 Å². The van der Waals surface area contributed by atoms with Gasteiger partial charge in [0.25, 0.3) is 0 Å². The van der Waals surface area contributed by atoms with Crippen molar-refractivity contribution in [3.8, 4) is 0 Å². The van der Waals surface area contributed by atoms with Gasteiger partial charge in [-0.05, 0) is 55.6 Å². The minimum absolute atomic E-state index is 0.155. The Morgan fingerprint density at radius 3 is 2.70 bits per heavy atom. The fourth-order valence-corrected chi connectivity index (χ4v) is 4.41. The third-order valence-corrected chi connectivity index (χ3v) is 6.22. The van der Waals surface area contributed by atoms with Crippen molar-refractivity contribution in [2.75, 3.05) is 32.7 Å². The Kier molecular flexibility index (Phi) is 5.95. The van der Waals surface area contributed by atoms with Crippen molar-refractivity contribution in [3.05, 3.63) is 22.4 Å². The van der Waals surface area contributed by atoms with Gasteiger partial charge in [-0.15, -0.1) is 11.3 Å². The topological polar surface area (TPSA) is 35.6 Å². The minimum atomic E-state index is 0.155. The van der Waals surface area contributed by atoms with Crippen molar-refractivity contribution < 1.29 is 4.79 Å². The summed E-state index contributed by atoms with van der Waals surface area (Å²) in [6.45, 7) is 8.34. The van der Waals surface area contributed by atoms with Crippen molar-refractivity contribution in [1.29, 1.82) is 0 Å². The second-order valence-corrected chi connectivity index (χ2v) is 8.03. The van der Waals surface area contributed by atoms with E-state index in [4.69, 9.17) is 0 Å². The van der Waals surface area contributed by atoms with Crippen LogP contribution >= 0.6 is 11.3 Å². The van der Waals surface area contributed by atoms with Crippen molar-refractivity contribution in [1.82, 2.24) is 15.1 Å². The molecule has 1 aromatic heterocycles. The lowest BCUT2D eigenvalue weighted by Crippen LogP contribution is -2.43. The van der Waals surface area contributed by atoms with Crippen molar-refractivity contribution >= 4 is 17.4 Å². The van der Waals surface area contributed by atoms with E-state index in [1.165, 1.54) is 30.6 Å². The molecule has 1 N–H and O–H groups in total. The number of nitrogens with one attached hydrogen (secondary N) is 1. The van der Waals surface area contributed by atoms with Crippen LogP contribution < -0.4 is 5.32 Å². The Morgan fingerprint density at radius 2 is 2.04 bits per heavy atom. The van der Waals surface area contributed by atoms with Crippen molar-refractivity contribution in [2.24, 2.45) is 11.8 Å². The van der Waals surface area contributed by atoms with Crippen LogP contribution in [0.4, 0.5) is 4.79 Å². The molecule has 1 unspecified atom stereocenters. The van der Waals surface area contributed by atoms with Gasteiger partial charge < -0.3 is 10.2 Å². The Bertz CT molecular complexity index is 482. The highest BCUT2D eigenvalue weighted by molar-refractivity contribution is 7.09. The maximum atomic E-state index is 12.2. The van der Waals surface area contributed by atoms with E-state index in [1.807, 2.05) is 16.2 Å². The standard InChI is InChI=1S/C18H29N3OS/c1-2-15-7-10-21(13-15)18(22)19-12-16-5-8-20(9-6-16)14-17-4-3-11-23-17/h3-4,11,15-16H,2,5-10,12-14H2,1H3,(H,19,22). The van der Waals surface area contributed by atoms with Gasteiger partial charge in [0.15, 0.2) is 0 Å². The first-order valence-electron chi connectivity index (χ1n) is 9.02. The molecule has 2 aliphatic heterocycles. The molecule has 0 aromatic carbocycles. The van der Waals surface area contributed by atoms with Gasteiger partial charge in [0.1, 0.15) is 0 Å². The van der Waals surface area contributed by atoms with Gasteiger partial charge in [-0.2, -0.15) is 0 Å². The quantitative estimate of drug-likeness (QED) is 0.895. The van der Waals surface area contributed by atoms with Crippen LogP contribution in [0.25, 0.3) is 0 Å². The zero-order valence-corrected chi connectivity index (χ0v) is 15.0. The number of thiophene rings is 1. The summed E-state index contributed by atoms with van der Waals surface area (Å²) in [6.07, 6.45) is 4.75. The summed E-state index contributed by atoms with van der Waals surface area (Å²) in [5.41, 5.74) is 0. The van der Waals surface area contributed by atoms with Gasteiger partial charge in [-0.3, -0.25) is 4.90 Å². The summed E-state index contributed by atoms with van der Waals surface area (Å²) >= 11 is 1.84. The van der Waals surface area contributed by atoms with Gasteiger partial charge in [0.05, 0.1) is 0 Å². The predicted octanol–water partition coefficient (Wildman–Crippen LogP) is 3.40. The summed E-state index contributed by atoms with van der Waals surface area (Å²) in [5, 5.41) is 5.32. The zero-order chi connectivity index (χ0) is 16.1. The number of urea groups is 1.